The number of hydrogen-bond donors (Lipinski definition) is 1. The summed E-state index contributed by atoms with van der Waals surface area (Å²) in [6.45, 7) is 3.42. The lowest BCUT2D eigenvalue weighted by atomic mass is 10.1. The number of carbonyl (C=O) groups excluding carboxylic acids is 2. The van der Waals surface area contributed by atoms with Gasteiger partial charge in [-0.15, -0.1) is 0 Å². The number of carbonyl (C=O) groups is 2. The van der Waals surface area contributed by atoms with Gasteiger partial charge in [0.15, 0.2) is 6.61 Å². The zero-order valence-corrected chi connectivity index (χ0v) is 14.4. The van der Waals surface area contributed by atoms with E-state index in [0.29, 0.717) is 29.0 Å². The lowest BCUT2D eigenvalue weighted by Gasteiger charge is -2.12. The summed E-state index contributed by atoms with van der Waals surface area (Å²) in [5.74, 6) is -2.06. The van der Waals surface area contributed by atoms with Crippen LogP contribution in [0.1, 0.15) is 16.7 Å². The third-order valence-corrected chi connectivity index (χ3v) is 3.80. The molecule has 0 aliphatic heterocycles. The molecule has 1 N–H and O–H groups in total. The van der Waals surface area contributed by atoms with Crippen molar-refractivity contribution in [1.29, 1.82) is 0 Å². The van der Waals surface area contributed by atoms with Crippen LogP contribution in [-0.4, -0.2) is 36.8 Å². The van der Waals surface area contributed by atoms with Gasteiger partial charge in [0.1, 0.15) is 5.75 Å². The first-order valence-corrected chi connectivity index (χ1v) is 8.27. The minimum atomic E-state index is -5.71. The highest BCUT2D eigenvalue weighted by molar-refractivity contribution is 7.86. The third-order valence-electron chi connectivity index (χ3n) is 2.92. The largest absolute Gasteiger partial charge is 0.455 e. The van der Waals surface area contributed by atoms with E-state index >= 15 is 0 Å². The molecule has 0 saturated heterocycles. The van der Waals surface area contributed by atoms with E-state index in [9.17, 15) is 26.8 Å². The Hall–Kier alpha value is -2.33. The SMILES string of the molecule is Cc1cc(C)c(OC(=O)/C=C/C(=O)OCC(F)(F)S(=O)(=O)O)c(C)c1. The summed E-state index contributed by atoms with van der Waals surface area (Å²) < 4.78 is 63.7. The maximum atomic E-state index is 12.9. The molecule has 1 aromatic rings. The van der Waals surface area contributed by atoms with Gasteiger partial charge in [-0.05, 0) is 31.9 Å². The van der Waals surface area contributed by atoms with Gasteiger partial charge in [0.25, 0.3) is 0 Å². The molecule has 0 atom stereocenters. The number of alkyl halides is 2. The van der Waals surface area contributed by atoms with Crippen molar-refractivity contribution in [1.82, 2.24) is 0 Å². The first-order valence-electron chi connectivity index (χ1n) is 6.83. The molecule has 0 heterocycles. The second kappa shape index (κ2) is 7.70. The van der Waals surface area contributed by atoms with Crippen LogP contribution < -0.4 is 4.74 Å². The number of esters is 2. The number of hydrogen-bond acceptors (Lipinski definition) is 6. The lowest BCUT2D eigenvalue weighted by molar-refractivity contribution is -0.144. The normalized spacial score (nSPS) is 12.2. The molecule has 0 bridgehead atoms. The minimum Gasteiger partial charge on any atom is -0.455 e. The Morgan fingerprint density at radius 3 is 2.08 bits per heavy atom. The Bertz CT molecular complexity index is 790. The van der Waals surface area contributed by atoms with Gasteiger partial charge in [0, 0.05) is 12.2 Å². The molecular weight excluding hydrogens is 362 g/mol. The lowest BCUT2D eigenvalue weighted by Crippen LogP contribution is -2.34. The van der Waals surface area contributed by atoms with E-state index in [2.05, 4.69) is 4.74 Å². The molecule has 0 saturated carbocycles. The van der Waals surface area contributed by atoms with E-state index in [0.717, 1.165) is 5.56 Å². The fraction of sp³-hybridized carbons (Fsp3) is 0.333. The van der Waals surface area contributed by atoms with Crippen LogP contribution in [0.2, 0.25) is 0 Å². The molecule has 0 radical (unpaired) electrons. The first kappa shape index (κ1) is 20.7. The highest BCUT2D eigenvalue weighted by Gasteiger charge is 2.45. The molecule has 0 unspecified atom stereocenters. The molecule has 138 valence electrons. The number of aryl methyl sites for hydroxylation is 3. The fourth-order valence-electron chi connectivity index (χ4n) is 1.88. The summed E-state index contributed by atoms with van der Waals surface area (Å²) >= 11 is 0. The molecule has 0 amide bonds. The van der Waals surface area contributed by atoms with E-state index in [4.69, 9.17) is 9.29 Å². The van der Waals surface area contributed by atoms with Crippen LogP contribution in [0.4, 0.5) is 8.78 Å². The Kier molecular flexibility index (Phi) is 6.38. The van der Waals surface area contributed by atoms with Crippen molar-refractivity contribution in [2.75, 3.05) is 6.61 Å². The zero-order chi connectivity index (χ0) is 19.4. The zero-order valence-electron chi connectivity index (χ0n) is 13.6. The average Bonchev–Trinajstić information content (AvgIpc) is 2.45. The second-order valence-electron chi connectivity index (χ2n) is 5.20. The first-order chi connectivity index (χ1) is 11.3. The summed E-state index contributed by atoms with van der Waals surface area (Å²) in [5, 5.41) is -4.65. The predicted molar refractivity (Wildman–Crippen MR) is 82.9 cm³/mol. The Morgan fingerprint density at radius 1 is 1.12 bits per heavy atom. The summed E-state index contributed by atoms with van der Waals surface area (Å²) in [4.78, 5) is 22.9. The molecular formula is C15H16F2O7S. The van der Waals surface area contributed by atoms with Gasteiger partial charge in [0.05, 0.1) is 0 Å². The Balaban J connectivity index is 2.67. The Morgan fingerprint density at radius 2 is 1.60 bits per heavy atom. The van der Waals surface area contributed by atoms with Gasteiger partial charge in [-0.3, -0.25) is 4.55 Å². The molecule has 7 nitrogen and oxygen atoms in total. The van der Waals surface area contributed by atoms with Crippen molar-refractivity contribution in [3.05, 3.63) is 41.0 Å². The average molecular weight is 378 g/mol. The topological polar surface area (TPSA) is 107 Å². The van der Waals surface area contributed by atoms with Gasteiger partial charge >= 0.3 is 27.3 Å². The van der Waals surface area contributed by atoms with Crippen molar-refractivity contribution >= 4 is 22.1 Å². The monoisotopic (exact) mass is 378 g/mol. The van der Waals surface area contributed by atoms with Gasteiger partial charge < -0.3 is 9.47 Å². The van der Waals surface area contributed by atoms with Crippen LogP contribution >= 0.6 is 0 Å². The molecule has 0 aliphatic rings. The maximum Gasteiger partial charge on any atom is 0.402 e. The highest BCUT2D eigenvalue weighted by Crippen LogP contribution is 2.24. The maximum absolute atomic E-state index is 12.9. The molecule has 0 aliphatic carbocycles. The number of rotatable bonds is 6. The van der Waals surface area contributed by atoms with Crippen LogP contribution in [0.15, 0.2) is 24.3 Å². The van der Waals surface area contributed by atoms with Crippen LogP contribution in [0.3, 0.4) is 0 Å². The summed E-state index contributed by atoms with van der Waals surface area (Å²) in [6.07, 6.45) is 1.15. The molecule has 25 heavy (non-hydrogen) atoms. The van der Waals surface area contributed by atoms with Crippen molar-refractivity contribution in [2.45, 2.75) is 26.0 Å². The number of benzene rings is 1. The van der Waals surface area contributed by atoms with Crippen molar-refractivity contribution in [2.24, 2.45) is 0 Å². The standard InChI is InChI=1S/C15H16F2O7S/c1-9-6-10(2)14(11(3)7-9)24-13(19)5-4-12(18)23-8-15(16,17)25(20,21)22/h4-7H,8H2,1-3H3,(H,20,21,22)/b5-4+. The van der Waals surface area contributed by atoms with E-state index in [1.165, 1.54) is 0 Å². The molecule has 1 aromatic carbocycles. The molecule has 0 spiro atoms. The van der Waals surface area contributed by atoms with Gasteiger partial charge in [-0.25, -0.2) is 9.59 Å². The van der Waals surface area contributed by atoms with Gasteiger partial charge in [0.2, 0.25) is 0 Å². The van der Waals surface area contributed by atoms with Gasteiger partial charge in [-0.1, -0.05) is 17.7 Å². The quantitative estimate of drug-likeness (QED) is 0.350. The van der Waals surface area contributed by atoms with E-state index in [1.807, 2.05) is 6.92 Å². The second-order valence-corrected chi connectivity index (χ2v) is 6.75. The third kappa shape index (κ3) is 5.91. The highest BCUT2D eigenvalue weighted by atomic mass is 32.2. The molecule has 0 aromatic heterocycles. The van der Waals surface area contributed by atoms with Gasteiger partial charge in [-0.2, -0.15) is 17.2 Å². The van der Waals surface area contributed by atoms with Crippen molar-refractivity contribution < 1.29 is 40.8 Å². The fourth-order valence-corrected chi connectivity index (χ4v) is 2.08. The predicted octanol–water partition coefficient (Wildman–Crippen LogP) is 2.10. The summed E-state index contributed by atoms with van der Waals surface area (Å²) in [7, 11) is -5.71. The van der Waals surface area contributed by atoms with Crippen molar-refractivity contribution in [3.8, 4) is 5.75 Å². The molecule has 0 fully saturated rings. The number of halogens is 2. The van der Waals surface area contributed by atoms with Crippen LogP contribution in [0.25, 0.3) is 0 Å². The van der Waals surface area contributed by atoms with Crippen LogP contribution in [0, 0.1) is 20.8 Å². The number of ether oxygens (including phenoxy) is 2. The van der Waals surface area contributed by atoms with Crippen molar-refractivity contribution in [3.63, 3.8) is 0 Å². The smallest absolute Gasteiger partial charge is 0.402 e. The molecule has 10 heteroatoms. The van der Waals surface area contributed by atoms with E-state index < -0.39 is 33.9 Å². The Labute approximate surface area is 143 Å². The minimum absolute atomic E-state index is 0.298. The summed E-state index contributed by atoms with van der Waals surface area (Å²) in [5.41, 5.74) is 2.35. The van der Waals surface area contributed by atoms with Crippen LogP contribution in [-0.2, 0) is 24.4 Å². The van der Waals surface area contributed by atoms with E-state index in [1.54, 1.807) is 26.0 Å². The summed E-state index contributed by atoms with van der Waals surface area (Å²) in [6, 6.07) is 3.57. The van der Waals surface area contributed by atoms with E-state index in [-0.39, 0.29) is 0 Å². The molecule has 1 rings (SSSR count). The van der Waals surface area contributed by atoms with Crippen LogP contribution in [0.5, 0.6) is 5.75 Å².